The summed E-state index contributed by atoms with van der Waals surface area (Å²) in [6.45, 7) is 4.58. The van der Waals surface area contributed by atoms with Gasteiger partial charge in [-0.05, 0) is 43.2 Å². The highest BCUT2D eigenvalue weighted by atomic mass is 35.5. The smallest absolute Gasteiger partial charge is 0.374 e. The zero-order valence-electron chi connectivity index (χ0n) is 18.8. The van der Waals surface area contributed by atoms with Crippen LogP contribution < -0.4 is 4.90 Å². The highest BCUT2D eigenvalue weighted by molar-refractivity contribution is 6.34. The van der Waals surface area contributed by atoms with Crippen LogP contribution in [-0.2, 0) is 20.0 Å². The van der Waals surface area contributed by atoms with Gasteiger partial charge in [-0.2, -0.15) is 13.2 Å². The van der Waals surface area contributed by atoms with Crippen LogP contribution in [0.3, 0.4) is 0 Å². The molecule has 2 aromatic rings. The zero-order valence-corrected chi connectivity index (χ0v) is 20.3. The van der Waals surface area contributed by atoms with E-state index in [2.05, 4.69) is 5.16 Å². The quantitative estimate of drug-likeness (QED) is 0.417. The fourth-order valence-corrected chi connectivity index (χ4v) is 4.34. The Kier molecular flexibility index (Phi) is 7.62. The van der Waals surface area contributed by atoms with Crippen molar-refractivity contribution < 1.29 is 27.6 Å². The van der Waals surface area contributed by atoms with Crippen molar-refractivity contribution in [3.8, 4) is 0 Å². The molecule has 0 spiro atoms. The summed E-state index contributed by atoms with van der Waals surface area (Å²) in [5, 5.41) is 4.09. The highest BCUT2D eigenvalue weighted by Gasteiger charge is 2.62. The Morgan fingerprint density at radius 2 is 1.88 bits per heavy atom. The number of carbonyl (C=O) groups excluding carboxylic acids is 2. The van der Waals surface area contributed by atoms with Gasteiger partial charge in [-0.15, -0.1) is 0 Å². The van der Waals surface area contributed by atoms with Gasteiger partial charge >= 0.3 is 6.18 Å². The summed E-state index contributed by atoms with van der Waals surface area (Å²) >= 11 is 12.3. The molecule has 0 saturated carbocycles. The van der Waals surface area contributed by atoms with Crippen LogP contribution in [-0.4, -0.2) is 30.1 Å². The Bertz CT molecular complexity index is 1130. The Labute approximate surface area is 205 Å². The lowest BCUT2D eigenvalue weighted by Gasteiger charge is -2.30. The third-order valence-electron chi connectivity index (χ3n) is 5.51. The Morgan fingerprint density at radius 1 is 1.18 bits per heavy atom. The van der Waals surface area contributed by atoms with Crippen LogP contribution in [0.15, 0.2) is 41.6 Å². The van der Waals surface area contributed by atoms with E-state index in [1.807, 2.05) is 6.92 Å². The van der Waals surface area contributed by atoms with Crippen molar-refractivity contribution in [1.29, 1.82) is 0 Å². The van der Waals surface area contributed by atoms with E-state index in [0.29, 0.717) is 17.5 Å². The first-order chi connectivity index (χ1) is 15.9. The summed E-state index contributed by atoms with van der Waals surface area (Å²) in [7, 11) is 0. The molecule has 34 heavy (non-hydrogen) atoms. The molecule has 1 heterocycles. The number of halogens is 5. The Hall–Kier alpha value is -2.58. The van der Waals surface area contributed by atoms with Crippen LogP contribution in [0.1, 0.15) is 49.8 Å². The molecular formula is C24H23Cl2F3N2O3. The first kappa shape index (κ1) is 26.0. The van der Waals surface area contributed by atoms with E-state index in [9.17, 15) is 22.8 Å². The van der Waals surface area contributed by atoms with Gasteiger partial charge in [0.25, 0.3) is 5.60 Å². The number of nitrogens with zero attached hydrogens (tertiary/aromatic N) is 2. The number of ketones is 1. The summed E-state index contributed by atoms with van der Waals surface area (Å²) in [6.07, 6.45) is -4.49. The van der Waals surface area contributed by atoms with Gasteiger partial charge in [-0.25, -0.2) is 0 Å². The number of hydrogen-bond acceptors (Lipinski definition) is 4. The van der Waals surface area contributed by atoms with Crippen LogP contribution in [0.2, 0.25) is 10.0 Å². The number of anilines is 1. The average molecular weight is 515 g/mol. The lowest BCUT2D eigenvalue weighted by atomic mass is 9.86. The summed E-state index contributed by atoms with van der Waals surface area (Å²) in [6, 6.07) is 8.52. The fraction of sp³-hybridized carbons (Fsp3) is 0.375. The van der Waals surface area contributed by atoms with Gasteiger partial charge in [0.1, 0.15) is 0 Å². The number of oxime groups is 1. The molecule has 0 N–H and O–H groups in total. The summed E-state index contributed by atoms with van der Waals surface area (Å²) < 4.78 is 42.9. The lowest BCUT2D eigenvalue weighted by Crippen LogP contribution is -2.42. The molecule has 0 bridgehead atoms. The van der Waals surface area contributed by atoms with Crippen LogP contribution in [0, 0.1) is 6.92 Å². The largest absolute Gasteiger partial charge is 0.435 e. The summed E-state index contributed by atoms with van der Waals surface area (Å²) in [5.41, 5.74) is -1.80. The zero-order chi connectivity index (χ0) is 25.3. The van der Waals surface area contributed by atoms with Crippen molar-refractivity contribution in [2.24, 2.45) is 5.16 Å². The number of amides is 1. The number of benzene rings is 2. The molecule has 3 rings (SSSR count). The summed E-state index contributed by atoms with van der Waals surface area (Å²) in [5.74, 6) is -0.583. The van der Waals surface area contributed by atoms with Gasteiger partial charge < -0.3 is 9.74 Å². The molecule has 182 valence electrons. The predicted octanol–water partition coefficient (Wildman–Crippen LogP) is 6.61. The lowest BCUT2D eigenvalue weighted by molar-refractivity contribution is -0.275. The van der Waals surface area contributed by atoms with E-state index in [-0.39, 0.29) is 45.8 Å². The van der Waals surface area contributed by atoms with Gasteiger partial charge in [0.05, 0.1) is 23.0 Å². The van der Waals surface area contributed by atoms with Crippen molar-refractivity contribution >= 4 is 46.3 Å². The minimum Gasteiger partial charge on any atom is -0.374 e. The minimum atomic E-state index is -4.79. The molecule has 5 nitrogen and oxygen atoms in total. The van der Waals surface area contributed by atoms with E-state index in [4.69, 9.17) is 28.0 Å². The van der Waals surface area contributed by atoms with E-state index in [0.717, 1.165) is 0 Å². The first-order valence-corrected chi connectivity index (χ1v) is 11.3. The van der Waals surface area contributed by atoms with Crippen LogP contribution >= 0.6 is 23.2 Å². The van der Waals surface area contributed by atoms with Gasteiger partial charge in [-0.3, -0.25) is 9.59 Å². The molecule has 0 saturated heterocycles. The molecule has 0 aliphatic carbocycles. The Morgan fingerprint density at radius 3 is 2.47 bits per heavy atom. The molecule has 2 aromatic carbocycles. The van der Waals surface area contributed by atoms with Crippen molar-refractivity contribution in [1.82, 2.24) is 0 Å². The van der Waals surface area contributed by atoms with Crippen LogP contribution in [0.25, 0.3) is 0 Å². The molecule has 1 atom stereocenters. The van der Waals surface area contributed by atoms with E-state index >= 15 is 0 Å². The second-order valence-corrected chi connectivity index (χ2v) is 9.05. The standard InChI is InChI=1S/C24H23Cl2F3N2O3/c1-4-5-19(33)13-31(15(3)32)22-10-16(6-7-20(22)26)21-12-23(34-30-21,24(27,28)29)17-8-14(2)9-18(25)11-17/h6-11H,4-5,12-13H2,1-3H3. The molecule has 0 radical (unpaired) electrons. The number of Topliss-reactive ketones (excluding diaryl/α,β-unsaturated/α-hetero) is 1. The highest BCUT2D eigenvalue weighted by Crippen LogP contribution is 2.49. The third-order valence-corrected chi connectivity index (χ3v) is 6.05. The van der Waals surface area contributed by atoms with Crippen LogP contribution in [0.4, 0.5) is 18.9 Å². The predicted molar refractivity (Wildman–Crippen MR) is 126 cm³/mol. The topological polar surface area (TPSA) is 59.0 Å². The molecule has 0 fully saturated rings. The molecule has 1 amide bonds. The van der Waals surface area contributed by atoms with E-state index < -0.39 is 24.1 Å². The van der Waals surface area contributed by atoms with E-state index in [1.54, 1.807) is 13.0 Å². The number of hydrogen-bond donors (Lipinski definition) is 0. The molecular weight excluding hydrogens is 492 g/mol. The first-order valence-electron chi connectivity index (χ1n) is 10.6. The third kappa shape index (κ3) is 5.23. The van der Waals surface area contributed by atoms with Gasteiger partial charge in [0, 0.05) is 35.9 Å². The molecule has 0 aromatic heterocycles. The maximum atomic E-state index is 14.3. The fourth-order valence-electron chi connectivity index (χ4n) is 3.83. The van der Waals surface area contributed by atoms with Crippen molar-refractivity contribution in [2.75, 3.05) is 11.4 Å². The SMILES string of the molecule is CCCC(=O)CN(C(C)=O)c1cc(C2=NOC(c3cc(C)cc(Cl)c3)(C(F)(F)F)C2)ccc1Cl. The monoisotopic (exact) mass is 514 g/mol. The molecule has 1 aliphatic heterocycles. The Balaban J connectivity index is 2.00. The van der Waals surface area contributed by atoms with E-state index in [1.165, 1.54) is 42.2 Å². The number of aryl methyl sites for hydroxylation is 1. The van der Waals surface area contributed by atoms with Crippen molar-refractivity contribution in [2.45, 2.75) is 51.8 Å². The van der Waals surface area contributed by atoms with Crippen molar-refractivity contribution in [3.05, 3.63) is 63.1 Å². The van der Waals surface area contributed by atoms with Crippen molar-refractivity contribution in [3.63, 3.8) is 0 Å². The normalized spacial score (nSPS) is 17.8. The molecule has 1 aliphatic rings. The molecule has 10 heteroatoms. The second kappa shape index (κ2) is 9.96. The number of alkyl halides is 3. The minimum absolute atomic E-state index is 0.0243. The summed E-state index contributed by atoms with van der Waals surface area (Å²) in [4.78, 5) is 30.7. The average Bonchev–Trinajstić information content (AvgIpc) is 3.19. The van der Waals surface area contributed by atoms with Gasteiger partial charge in [0.15, 0.2) is 5.78 Å². The van der Waals surface area contributed by atoms with Gasteiger partial charge in [-0.1, -0.05) is 47.4 Å². The second-order valence-electron chi connectivity index (χ2n) is 8.21. The molecule has 1 unspecified atom stereocenters. The number of carbonyl (C=O) groups is 2. The maximum absolute atomic E-state index is 14.3. The maximum Gasteiger partial charge on any atom is 0.435 e. The number of rotatable bonds is 7. The van der Waals surface area contributed by atoms with Crippen LogP contribution in [0.5, 0.6) is 0 Å². The van der Waals surface area contributed by atoms with Gasteiger partial charge in [0.2, 0.25) is 5.91 Å².